The van der Waals surface area contributed by atoms with Crippen LogP contribution in [0.1, 0.15) is 27.7 Å². The molecule has 0 radical (unpaired) electrons. The Morgan fingerprint density at radius 3 is 1.22 bits per heavy atom. The van der Waals surface area contributed by atoms with Gasteiger partial charge in [-0.1, -0.05) is 0 Å². The normalized spacial score (nSPS) is 25.0. The van der Waals surface area contributed by atoms with Gasteiger partial charge in [0.05, 0.1) is 0 Å². The Hall–Kier alpha value is -1.95. The van der Waals surface area contributed by atoms with E-state index in [9.17, 15) is 0 Å². The van der Waals surface area contributed by atoms with Gasteiger partial charge in [0.25, 0.3) is 0 Å². The van der Waals surface area contributed by atoms with E-state index in [2.05, 4.69) is 119 Å². The molecule has 3 aromatic carbocycles. The van der Waals surface area contributed by atoms with Gasteiger partial charge >= 0.3 is 163 Å². The van der Waals surface area contributed by atoms with E-state index >= 15 is 0 Å². The van der Waals surface area contributed by atoms with Crippen molar-refractivity contribution in [3.8, 4) is 0 Å². The van der Waals surface area contributed by atoms with Gasteiger partial charge in [-0.25, -0.2) is 0 Å². The summed E-state index contributed by atoms with van der Waals surface area (Å²) in [6, 6.07) is 32.8. The van der Waals surface area contributed by atoms with E-state index in [1.807, 2.05) is 0 Å². The quantitative estimate of drug-likeness (QED) is 0.566. The van der Waals surface area contributed by atoms with Crippen LogP contribution in [-0.2, 0) is 4.52 Å². The average Bonchev–Trinajstić information content (AvgIpc) is 2.69. The van der Waals surface area contributed by atoms with Crippen molar-refractivity contribution < 1.29 is 4.52 Å². The number of benzene rings is 3. The van der Waals surface area contributed by atoms with Gasteiger partial charge in [0.15, 0.2) is 0 Å². The molecule has 2 atom stereocenters. The van der Waals surface area contributed by atoms with Gasteiger partial charge < -0.3 is 0 Å². The van der Waals surface area contributed by atoms with E-state index < -0.39 is 6.83 Å². The first-order valence-electron chi connectivity index (χ1n) is 9.78. The summed E-state index contributed by atoms with van der Waals surface area (Å²) in [5, 5.41) is 3.98. The maximum atomic E-state index is 7.28. The molecular formula is C25H29OP. The van der Waals surface area contributed by atoms with Gasteiger partial charge in [-0.2, -0.15) is 0 Å². The van der Waals surface area contributed by atoms with Crippen molar-refractivity contribution in [1.82, 2.24) is 0 Å². The fourth-order valence-electron chi connectivity index (χ4n) is 5.01. The molecule has 2 heteroatoms. The minimum atomic E-state index is -3.01. The Balaban J connectivity index is 2.10. The van der Waals surface area contributed by atoms with Crippen LogP contribution in [0.2, 0.25) is 0 Å². The first-order chi connectivity index (χ1) is 12.9. The number of hydrogen-bond acceptors (Lipinski definition) is 1. The van der Waals surface area contributed by atoms with Crippen LogP contribution in [-0.4, -0.2) is 11.8 Å². The van der Waals surface area contributed by atoms with Gasteiger partial charge in [0.2, 0.25) is 0 Å². The Labute approximate surface area is 163 Å². The molecule has 27 heavy (non-hydrogen) atoms. The van der Waals surface area contributed by atoms with Gasteiger partial charge in [0.1, 0.15) is 0 Å². The van der Waals surface area contributed by atoms with Crippen molar-refractivity contribution in [2.45, 2.75) is 39.5 Å². The third-order valence-electron chi connectivity index (χ3n) is 6.21. The fraction of sp³-hybridized carbons (Fsp3) is 0.280. The van der Waals surface area contributed by atoms with Gasteiger partial charge in [-0.3, -0.25) is 0 Å². The second-order valence-corrected chi connectivity index (χ2v) is 13.5. The molecule has 0 amide bonds. The molecule has 1 heterocycles. The predicted octanol–water partition coefficient (Wildman–Crippen LogP) is 5.26. The molecule has 4 rings (SSSR count). The minimum absolute atomic E-state index is 0.0964. The molecule has 1 fully saturated rings. The summed E-state index contributed by atoms with van der Waals surface area (Å²) in [5.41, 5.74) is 0.502. The van der Waals surface area contributed by atoms with Gasteiger partial charge in [-0.05, 0) is 0 Å². The Morgan fingerprint density at radius 1 is 0.630 bits per heavy atom. The third-order valence-corrected chi connectivity index (χ3v) is 12.7. The molecule has 3 aromatic rings. The van der Waals surface area contributed by atoms with E-state index in [0.717, 1.165) is 0 Å². The summed E-state index contributed by atoms with van der Waals surface area (Å²) in [6.45, 7) is 6.27. The van der Waals surface area contributed by atoms with Crippen LogP contribution >= 0.6 is 6.83 Å². The zero-order valence-electron chi connectivity index (χ0n) is 16.7. The molecule has 0 saturated carbocycles. The monoisotopic (exact) mass is 376 g/mol. The van der Waals surface area contributed by atoms with E-state index in [4.69, 9.17) is 4.52 Å². The Kier molecular flexibility index (Phi) is 4.29. The molecule has 0 bridgehead atoms. The first-order valence-corrected chi connectivity index (χ1v) is 12.0. The predicted molar refractivity (Wildman–Crippen MR) is 119 cm³/mol. The number of rotatable bonds is 3. The second-order valence-electron chi connectivity index (χ2n) is 8.74. The molecule has 0 spiro atoms. The van der Waals surface area contributed by atoms with Crippen molar-refractivity contribution in [2.75, 3.05) is 0 Å². The van der Waals surface area contributed by atoms with E-state index in [-0.39, 0.29) is 11.5 Å². The van der Waals surface area contributed by atoms with Crippen molar-refractivity contribution >= 4 is 22.7 Å². The van der Waals surface area contributed by atoms with Crippen LogP contribution in [0.15, 0.2) is 91.0 Å². The van der Waals surface area contributed by atoms with Crippen molar-refractivity contribution in [1.29, 1.82) is 0 Å². The molecule has 1 aliphatic rings. The second kappa shape index (κ2) is 6.30. The van der Waals surface area contributed by atoms with Crippen molar-refractivity contribution in [3.63, 3.8) is 0 Å². The summed E-state index contributed by atoms with van der Waals surface area (Å²) >= 11 is 0. The summed E-state index contributed by atoms with van der Waals surface area (Å²) in [4.78, 5) is 0. The Bertz CT molecular complexity index is 813. The zero-order valence-corrected chi connectivity index (χ0v) is 17.6. The number of hydrogen-bond donors (Lipinski definition) is 0. The van der Waals surface area contributed by atoms with Crippen molar-refractivity contribution in [3.05, 3.63) is 91.0 Å². The molecule has 0 aliphatic carbocycles. The summed E-state index contributed by atoms with van der Waals surface area (Å²) in [6.07, 6.45) is 0.218. The molecule has 1 saturated heterocycles. The molecule has 0 N–H and O–H groups in total. The molecule has 140 valence electrons. The molecule has 1 aliphatic heterocycles. The molecule has 0 aromatic heterocycles. The fourth-order valence-corrected chi connectivity index (χ4v) is 12.0. The molecular weight excluding hydrogens is 347 g/mol. The van der Waals surface area contributed by atoms with E-state index in [1.54, 1.807) is 0 Å². The van der Waals surface area contributed by atoms with Crippen molar-refractivity contribution in [2.24, 2.45) is 5.41 Å². The van der Waals surface area contributed by atoms with Crippen LogP contribution in [0.5, 0.6) is 0 Å². The van der Waals surface area contributed by atoms with Gasteiger partial charge in [-0.15, -0.1) is 0 Å². The molecule has 2 unspecified atom stereocenters. The summed E-state index contributed by atoms with van der Waals surface area (Å²) < 4.78 is 7.28. The Morgan fingerprint density at radius 2 is 0.963 bits per heavy atom. The van der Waals surface area contributed by atoms with Crippen LogP contribution in [0, 0.1) is 5.41 Å². The zero-order chi connectivity index (χ0) is 19.1. The van der Waals surface area contributed by atoms with E-state index in [1.165, 1.54) is 15.9 Å². The van der Waals surface area contributed by atoms with Gasteiger partial charge in [0, 0.05) is 0 Å². The van der Waals surface area contributed by atoms with E-state index in [0.29, 0.717) is 5.66 Å². The molecule has 1 nitrogen and oxygen atoms in total. The maximum absolute atomic E-state index is 7.28. The third kappa shape index (κ3) is 2.38. The standard InChI is InChI=1S/C25H29OP/c1-20-24(25(2,3)4)26-27(20,21-14-8-5-9-15-21,22-16-10-6-11-17-22)23-18-12-7-13-19-23/h5-20,24H,1-4H3. The topological polar surface area (TPSA) is 9.23 Å². The SMILES string of the molecule is CC1C(C(C)(C)C)OP1(c1ccccc1)(c1ccccc1)c1ccccc1. The van der Waals surface area contributed by atoms with Crippen LogP contribution < -0.4 is 15.9 Å². The van der Waals surface area contributed by atoms with Crippen LogP contribution in [0.3, 0.4) is 0 Å². The first kappa shape index (κ1) is 18.4. The average molecular weight is 376 g/mol. The summed E-state index contributed by atoms with van der Waals surface area (Å²) in [7, 11) is 0. The summed E-state index contributed by atoms with van der Waals surface area (Å²) in [5.74, 6) is 0. The van der Waals surface area contributed by atoms with Crippen LogP contribution in [0.4, 0.5) is 0 Å². The van der Waals surface area contributed by atoms with Crippen LogP contribution in [0.25, 0.3) is 0 Å².